The van der Waals surface area contributed by atoms with E-state index in [0.717, 1.165) is 16.5 Å². The summed E-state index contributed by atoms with van der Waals surface area (Å²) in [6.07, 6.45) is 5.06. The summed E-state index contributed by atoms with van der Waals surface area (Å²) in [5.41, 5.74) is 1.17. The lowest BCUT2D eigenvalue weighted by molar-refractivity contribution is -0.139. The van der Waals surface area contributed by atoms with Gasteiger partial charge in [0.05, 0.1) is 29.1 Å². The second kappa shape index (κ2) is 8.75. The maximum Gasteiger partial charge on any atom is 0.316 e. The number of ether oxygens (including phenoxy) is 1. The molecule has 0 radical (unpaired) electrons. The van der Waals surface area contributed by atoms with E-state index in [0.29, 0.717) is 18.5 Å². The zero-order valence-electron chi connectivity index (χ0n) is 19.5. The molecular weight excluding hydrogens is 456 g/mol. The van der Waals surface area contributed by atoms with Gasteiger partial charge in [0.1, 0.15) is 5.75 Å². The van der Waals surface area contributed by atoms with Crippen LogP contribution in [0.15, 0.2) is 78.9 Å². The molecule has 0 saturated carbocycles. The first kappa shape index (κ1) is 22.2. The molecule has 3 aliphatic rings. The number of anilines is 2. The van der Waals surface area contributed by atoms with Crippen molar-refractivity contribution >= 4 is 45.8 Å². The number of benzene rings is 3. The predicted molar refractivity (Wildman–Crippen MR) is 134 cm³/mol. The van der Waals surface area contributed by atoms with E-state index in [2.05, 4.69) is 0 Å². The molecular formula is C29H24N2O5. The molecule has 3 aromatic rings. The van der Waals surface area contributed by atoms with Crippen LogP contribution < -0.4 is 14.5 Å². The number of nitrogens with zero attached hydrogens (tertiary/aromatic N) is 2. The highest BCUT2D eigenvalue weighted by atomic mass is 16.5. The molecule has 0 spiro atoms. The molecule has 180 valence electrons. The number of carbonyl (C=O) groups excluding carboxylic acids is 4. The highest BCUT2D eigenvalue weighted by Gasteiger charge is 2.48. The van der Waals surface area contributed by atoms with E-state index >= 15 is 0 Å². The minimum Gasteiger partial charge on any atom is -0.426 e. The van der Waals surface area contributed by atoms with Gasteiger partial charge in [0, 0.05) is 24.4 Å². The normalized spacial score (nSPS) is 23.4. The summed E-state index contributed by atoms with van der Waals surface area (Å²) >= 11 is 0. The molecule has 3 atom stereocenters. The van der Waals surface area contributed by atoms with Crippen LogP contribution in [-0.4, -0.2) is 30.2 Å². The molecule has 1 aliphatic carbocycles. The van der Waals surface area contributed by atoms with Crippen LogP contribution in [0.25, 0.3) is 10.8 Å². The summed E-state index contributed by atoms with van der Waals surface area (Å²) < 4.78 is 5.63. The lowest BCUT2D eigenvalue weighted by atomic mass is 9.85. The van der Waals surface area contributed by atoms with Gasteiger partial charge in [-0.2, -0.15) is 0 Å². The van der Waals surface area contributed by atoms with Crippen LogP contribution >= 0.6 is 0 Å². The lowest BCUT2D eigenvalue weighted by Gasteiger charge is -2.19. The van der Waals surface area contributed by atoms with E-state index in [4.69, 9.17) is 4.74 Å². The van der Waals surface area contributed by atoms with Crippen LogP contribution in [0.1, 0.15) is 19.3 Å². The number of hydrogen-bond acceptors (Lipinski definition) is 5. The van der Waals surface area contributed by atoms with Gasteiger partial charge in [-0.3, -0.25) is 19.2 Å². The van der Waals surface area contributed by atoms with Crippen molar-refractivity contribution in [3.05, 3.63) is 78.9 Å². The van der Waals surface area contributed by atoms with Crippen molar-refractivity contribution in [3.8, 4) is 5.75 Å². The monoisotopic (exact) mass is 480 g/mol. The Morgan fingerprint density at radius 3 is 2.31 bits per heavy atom. The Morgan fingerprint density at radius 1 is 0.833 bits per heavy atom. The van der Waals surface area contributed by atoms with E-state index in [9.17, 15) is 19.2 Å². The standard InChI is InChI=1S/C29H24N2O5/c32-26-15-19(17-30(26)25-14-5-8-18-7-1-2-11-22(18)25)29(35)36-21-10-6-9-20(16-21)31-27(33)23-12-3-4-13-24(23)28(31)34/h1-11,14,16,19,23-24H,12-13,15,17H2/t19-,23-,24+/m1/s1. The molecule has 2 aliphatic heterocycles. The number of imide groups is 1. The van der Waals surface area contributed by atoms with Gasteiger partial charge >= 0.3 is 5.97 Å². The van der Waals surface area contributed by atoms with Gasteiger partial charge in [-0.1, -0.05) is 54.6 Å². The molecule has 0 unspecified atom stereocenters. The topological polar surface area (TPSA) is 84.0 Å². The van der Waals surface area contributed by atoms with Crippen LogP contribution in [0.4, 0.5) is 11.4 Å². The third-order valence-electron chi connectivity index (χ3n) is 7.32. The Labute approximate surface area is 207 Å². The number of amides is 3. The number of rotatable bonds is 4. The summed E-state index contributed by atoms with van der Waals surface area (Å²) in [6, 6.07) is 20.1. The maximum atomic E-state index is 13.0. The summed E-state index contributed by atoms with van der Waals surface area (Å²) in [4.78, 5) is 54.5. The van der Waals surface area contributed by atoms with Gasteiger partial charge in [0.2, 0.25) is 17.7 Å². The van der Waals surface area contributed by atoms with Crippen molar-refractivity contribution in [1.29, 1.82) is 0 Å². The second-order valence-electron chi connectivity index (χ2n) is 9.49. The van der Waals surface area contributed by atoms with Crippen LogP contribution in [0.3, 0.4) is 0 Å². The van der Waals surface area contributed by atoms with E-state index in [1.165, 1.54) is 11.0 Å². The smallest absolute Gasteiger partial charge is 0.316 e. The minimum absolute atomic E-state index is 0.0567. The van der Waals surface area contributed by atoms with Crippen LogP contribution in [0.2, 0.25) is 0 Å². The maximum absolute atomic E-state index is 13.0. The van der Waals surface area contributed by atoms with Gasteiger partial charge in [0.15, 0.2) is 0 Å². The Morgan fingerprint density at radius 2 is 1.53 bits per heavy atom. The fraction of sp³-hybridized carbons (Fsp3) is 0.241. The molecule has 2 heterocycles. The largest absolute Gasteiger partial charge is 0.426 e. The molecule has 3 amide bonds. The molecule has 2 fully saturated rings. The van der Waals surface area contributed by atoms with Crippen molar-refractivity contribution in [3.63, 3.8) is 0 Å². The number of esters is 1. The quantitative estimate of drug-likeness (QED) is 0.241. The van der Waals surface area contributed by atoms with Gasteiger partial charge < -0.3 is 9.64 Å². The summed E-state index contributed by atoms with van der Waals surface area (Å²) in [6.45, 7) is 0.227. The first-order valence-electron chi connectivity index (χ1n) is 12.1. The van der Waals surface area contributed by atoms with E-state index < -0.39 is 11.9 Å². The Balaban J connectivity index is 1.19. The third kappa shape index (κ3) is 3.68. The molecule has 6 rings (SSSR count). The summed E-state index contributed by atoms with van der Waals surface area (Å²) in [5, 5.41) is 1.97. The van der Waals surface area contributed by atoms with Gasteiger partial charge in [0.25, 0.3) is 0 Å². The highest BCUT2D eigenvalue weighted by Crippen LogP contribution is 2.38. The number of carbonyl (C=O) groups is 4. The molecule has 2 saturated heterocycles. The molecule has 36 heavy (non-hydrogen) atoms. The fourth-order valence-corrected chi connectivity index (χ4v) is 5.48. The van der Waals surface area contributed by atoms with Gasteiger partial charge in [-0.25, -0.2) is 4.90 Å². The Bertz CT molecular complexity index is 1410. The Hall–Kier alpha value is -4.26. The van der Waals surface area contributed by atoms with Crippen molar-refractivity contribution < 1.29 is 23.9 Å². The SMILES string of the molecule is O=C(Oc1cccc(N2C(=O)[C@H]3CC=CC[C@H]3C2=O)c1)[C@@H]1CC(=O)N(c2cccc3ccccc23)C1. The van der Waals surface area contributed by atoms with E-state index in [1.54, 1.807) is 23.1 Å². The molecule has 0 N–H and O–H groups in total. The average molecular weight is 481 g/mol. The third-order valence-corrected chi connectivity index (χ3v) is 7.32. The first-order chi connectivity index (χ1) is 17.5. The highest BCUT2D eigenvalue weighted by molar-refractivity contribution is 6.22. The van der Waals surface area contributed by atoms with Crippen molar-refractivity contribution in [2.45, 2.75) is 19.3 Å². The average Bonchev–Trinajstić information content (AvgIpc) is 3.41. The van der Waals surface area contributed by atoms with Gasteiger partial charge in [-0.05, 0) is 36.4 Å². The zero-order chi connectivity index (χ0) is 24.8. The molecule has 3 aromatic carbocycles. The lowest BCUT2D eigenvalue weighted by Crippen LogP contribution is -2.31. The predicted octanol–water partition coefficient (Wildman–Crippen LogP) is 4.25. The van der Waals surface area contributed by atoms with E-state index in [-0.39, 0.29) is 48.3 Å². The zero-order valence-corrected chi connectivity index (χ0v) is 19.5. The molecule has 7 nitrogen and oxygen atoms in total. The summed E-state index contributed by atoms with van der Waals surface area (Å²) in [5.74, 6) is -2.13. The second-order valence-corrected chi connectivity index (χ2v) is 9.49. The van der Waals surface area contributed by atoms with Gasteiger partial charge in [-0.15, -0.1) is 0 Å². The van der Waals surface area contributed by atoms with Crippen molar-refractivity contribution in [2.24, 2.45) is 17.8 Å². The van der Waals surface area contributed by atoms with Crippen LogP contribution in [0.5, 0.6) is 5.75 Å². The molecule has 0 aromatic heterocycles. The summed E-state index contributed by atoms with van der Waals surface area (Å²) in [7, 11) is 0. The van der Waals surface area contributed by atoms with Crippen LogP contribution in [-0.2, 0) is 19.2 Å². The van der Waals surface area contributed by atoms with E-state index in [1.807, 2.05) is 54.6 Å². The molecule has 7 heteroatoms. The number of hydrogen-bond donors (Lipinski definition) is 0. The van der Waals surface area contributed by atoms with Crippen molar-refractivity contribution in [1.82, 2.24) is 0 Å². The fourth-order valence-electron chi connectivity index (χ4n) is 5.48. The first-order valence-corrected chi connectivity index (χ1v) is 12.1. The van der Waals surface area contributed by atoms with Crippen molar-refractivity contribution in [2.75, 3.05) is 16.3 Å². The molecule has 0 bridgehead atoms. The Kier molecular flexibility index (Phi) is 5.40. The number of allylic oxidation sites excluding steroid dienone is 2. The van der Waals surface area contributed by atoms with Crippen LogP contribution in [0, 0.1) is 17.8 Å². The minimum atomic E-state index is -0.621. The number of fused-ring (bicyclic) bond motifs is 2.